The molecule has 0 aromatic carbocycles. The third kappa shape index (κ3) is 9.47. The van der Waals surface area contributed by atoms with Crippen molar-refractivity contribution in [2.75, 3.05) is 0 Å². The van der Waals surface area contributed by atoms with Gasteiger partial charge in [-0.05, 0) is 0 Å². The van der Waals surface area contributed by atoms with Gasteiger partial charge in [-0.2, -0.15) is 0 Å². The number of halogens is 4. The van der Waals surface area contributed by atoms with E-state index in [0.29, 0.717) is 0 Å². The third-order valence-corrected chi connectivity index (χ3v) is 3.70. The van der Waals surface area contributed by atoms with Gasteiger partial charge in [0, 0.05) is 0 Å². The molecular formula is C7H10Cl4Nb. The van der Waals surface area contributed by atoms with Crippen LogP contribution in [0.1, 0.15) is 13.3 Å². The van der Waals surface area contributed by atoms with E-state index in [1.807, 2.05) is 0 Å². The summed E-state index contributed by atoms with van der Waals surface area (Å²) in [4.78, 5) is 0. The predicted molar refractivity (Wildman–Crippen MR) is 32.3 cm³/mol. The van der Waals surface area contributed by atoms with Crippen molar-refractivity contribution in [2.24, 2.45) is 0 Å². The predicted octanol–water partition coefficient (Wildman–Crippen LogP) is -9.63. The molecule has 0 saturated carbocycles. The molecule has 0 radical (unpaired) electrons. The van der Waals surface area contributed by atoms with E-state index in [9.17, 15) is 0 Å². The van der Waals surface area contributed by atoms with E-state index >= 15 is 0 Å². The molecule has 5 heteroatoms. The summed E-state index contributed by atoms with van der Waals surface area (Å²) in [5, 5.41) is 0. The van der Waals surface area contributed by atoms with Crippen molar-refractivity contribution in [3.05, 3.63) is 22.0 Å². The van der Waals surface area contributed by atoms with Crippen LogP contribution in [0.2, 0.25) is 4.64 Å². The van der Waals surface area contributed by atoms with Gasteiger partial charge in [0.15, 0.2) is 0 Å². The number of hydrogen-bond acceptors (Lipinski definition) is 0. The SMILES string of the molecule is C[CH2][Nb+4][C]1=CC=CC1.[Cl-].[Cl-].[Cl-].[Cl-]. The van der Waals surface area contributed by atoms with Gasteiger partial charge in [0.25, 0.3) is 0 Å². The normalized spacial score (nSPS) is 10.6. The van der Waals surface area contributed by atoms with Crippen LogP contribution in [-0.4, -0.2) is 0 Å². The van der Waals surface area contributed by atoms with Gasteiger partial charge in [-0.15, -0.1) is 0 Å². The fraction of sp³-hybridized carbons (Fsp3) is 0.429. The van der Waals surface area contributed by atoms with Gasteiger partial charge in [-0.25, -0.2) is 0 Å². The van der Waals surface area contributed by atoms with Crippen LogP contribution < -0.4 is 49.6 Å². The maximum absolute atomic E-state index is 2.29. The molecule has 0 spiro atoms. The molecular weight excluding hydrogens is 319 g/mol. The van der Waals surface area contributed by atoms with Crippen LogP contribution in [0, 0.1) is 0 Å². The van der Waals surface area contributed by atoms with Crippen molar-refractivity contribution in [1.29, 1.82) is 0 Å². The quantitative estimate of drug-likeness (QED) is 0.442. The first kappa shape index (κ1) is 23.3. The summed E-state index contributed by atoms with van der Waals surface area (Å²) in [6.45, 7) is 2.29. The van der Waals surface area contributed by atoms with Crippen molar-refractivity contribution < 1.29 is 69.4 Å². The first-order chi connectivity index (χ1) is 3.93. The average Bonchev–Trinajstić information content (AvgIpc) is 2.19. The van der Waals surface area contributed by atoms with Crippen molar-refractivity contribution >= 4 is 0 Å². The molecule has 12 heavy (non-hydrogen) atoms. The molecule has 0 N–H and O–H groups in total. The van der Waals surface area contributed by atoms with E-state index in [1.54, 1.807) is 3.79 Å². The molecule has 0 aliphatic heterocycles. The number of hydrogen-bond donors (Lipinski definition) is 0. The van der Waals surface area contributed by atoms with Crippen molar-refractivity contribution in [1.82, 2.24) is 0 Å². The van der Waals surface area contributed by atoms with Crippen LogP contribution in [0.15, 0.2) is 22.0 Å². The van der Waals surface area contributed by atoms with Crippen LogP contribution in [0.4, 0.5) is 0 Å². The Kier molecular flexibility index (Phi) is 28.9. The maximum Gasteiger partial charge on any atom is -1.00 e. The molecule has 0 unspecified atom stereocenters. The Morgan fingerprint density at radius 3 is 2.17 bits per heavy atom. The summed E-state index contributed by atoms with van der Waals surface area (Å²) in [7, 11) is 0. The molecule has 0 amide bonds. The Labute approximate surface area is 109 Å². The molecule has 0 bridgehead atoms. The third-order valence-electron chi connectivity index (χ3n) is 1.11. The molecule has 0 aromatic rings. The minimum absolute atomic E-state index is 0. The molecule has 0 atom stereocenters. The molecule has 1 aliphatic carbocycles. The van der Waals surface area contributed by atoms with E-state index < -0.39 is 0 Å². The zero-order chi connectivity index (χ0) is 5.82. The van der Waals surface area contributed by atoms with Crippen molar-refractivity contribution in [2.45, 2.75) is 18.0 Å². The zero-order valence-corrected chi connectivity index (χ0v) is 11.8. The van der Waals surface area contributed by atoms with Crippen LogP contribution in [-0.2, 0) is 19.8 Å². The van der Waals surface area contributed by atoms with Gasteiger partial charge in [0.1, 0.15) is 0 Å². The molecule has 0 saturated heterocycles. The summed E-state index contributed by atoms with van der Waals surface area (Å²) in [6, 6.07) is 0. The first-order valence-electron chi connectivity index (χ1n) is 2.96. The average molecular weight is 329 g/mol. The van der Waals surface area contributed by atoms with E-state index in [2.05, 4.69) is 25.2 Å². The summed E-state index contributed by atoms with van der Waals surface area (Å²) < 4.78 is 3.18. The summed E-state index contributed by atoms with van der Waals surface area (Å²) in [5.74, 6) is 0. The van der Waals surface area contributed by atoms with Gasteiger partial charge >= 0.3 is 59.8 Å². The zero-order valence-electron chi connectivity index (χ0n) is 6.61. The van der Waals surface area contributed by atoms with Gasteiger partial charge < -0.3 is 49.6 Å². The molecule has 0 aromatic heterocycles. The Morgan fingerprint density at radius 1 is 1.25 bits per heavy atom. The smallest absolute Gasteiger partial charge is 1.00 e. The van der Waals surface area contributed by atoms with Crippen molar-refractivity contribution in [3.8, 4) is 0 Å². The largest absolute Gasteiger partial charge is 1.00 e. The van der Waals surface area contributed by atoms with Gasteiger partial charge in [0.2, 0.25) is 0 Å². The second-order valence-electron chi connectivity index (χ2n) is 1.76. The molecule has 1 aliphatic rings. The van der Waals surface area contributed by atoms with Gasteiger partial charge in [-0.1, -0.05) is 0 Å². The van der Waals surface area contributed by atoms with Gasteiger partial charge in [-0.3, -0.25) is 0 Å². The molecule has 0 nitrogen and oxygen atoms in total. The van der Waals surface area contributed by atoms with E-state index in [4.69, 9.17) is 0 Å². The monoisotopic (exact) mass is 327 g/mol. The minimum atomic E-state index is 0. The topological polar surface area (TPSA) is 0 Å². The van der Waals surface area contributed by atoms with Crippen LogP contribution >= 0.6 is 0 Å². The number of rotatable bonds is 2. The van der Waals surface area contributed by atoms with E-state index in [1.165, 1.54) is 11.1 Å². The summed E-state index contributed by atoms with van der Waals surface area (Å²) in [6.07, 6.45) is 7.99. The fourth-order valence-corrected chi connectivity index (χ4v) is 2.80. The Bertz CT molecular complexity index is 133. The Hall–Kier alpha value is 1.38. The second-order valence-corrected chi connectivity index (χ2v) is 5.51. The molecule has 71 valence electrons. The Balaban J connectivity index is -0.0000000800. The van der Waals surface area contributed by atoms with E-state index in [0.717, 1.165) is 0 Å². The minimum Gasteiger partial charge on any atom is -1.00 e. The summed E-state index contributed by atoms with van der Waals surface area (Å²) in [5.41, 5.74) is 0. The number of allylic oxidation sites excluding steroid dienone is 4. The van der Waals surface area contributed by atoms with Crippen molar-refractivity contribution in [3.63, 3.8) is 0 Å². The first-order valence-corrected chi connectivity index (χ1v) is 5.62. The van der Waals surface area contributed by atoms with Crippen LogP contribution in [0.3, 0.4) is 0 Å². The van der Waals surface area contributed by atoms with Gasteiger partial charge in [0.05, 0.1) is 0 Å². The molecule has 1 rings (SSSR count). The second kappa shape index (κ2) is 14.9. The Morgan fingerprint density at radius 2 is 1.83 bits per heavy atom. The molecule has 0 heterocycles. The molecule has 0 fully saturated rings. The maximum atomic E-state index is 2.29. The van der Waals surface area contributed by atoms with Crippen LogP contribution in [0.5, 0.6) is 0 Å². The summed E-state index contributed by atoms with van der Waals surface area (Å²) >= 11 is 0.110. The van der Waals surface area contributed by atoms with Crippen LogP contribution in [0.25, 0.3) is 0 Å². The van der Waals surface area contributed by atoms with E-state index in [-0.39, 0.29) is 69.4 Å². The standard InChI is InChI=1S/C5H5.C2H5.4ClH.Nb/c1-2-4-5-3-1;1-2;;;;;/h1-3H,4H2;1H2,2H3;4*1H;/q;;;;;;+4/p-4. The fourth-order valence-electron chi connectivity index (χ4n) is 0.756.